The minimum atomic E-state index is -0.474. The minimum absolute atomic E-state index is 0.280. The number of aromatic nitrogens is 4. The lowest BCUT2D eigenvalue weighted by atomic mass is 10.0. The lowest BCUT2D eigenvalue weighted by molar-refractivity contribution is -0.142. The van der Waals surface area contributed by atoms with Crippen LogP contribution in [0, 0.1) is 0 Å². The summed E-state index contributed by atoms with van der Waals surface area (Å²) in [6, 6.07) is 11.3. The van der Waals surface area contributed by atoms with Crippen LogP contribution in [0.5, 0.6) is 0 Å². The zero-order valence-corrected chi connectivity index (χ0v) is 16.8. The molecule has 0 unspecified atom stereocenters. The van der Waals surface area contributed by atoms with Gasteiger partial charge in [-0.3, -0.25) is 9.78 Å². The molecule has 7 nitrogen and oxygen atoms in total. The number of carbonyl (C=O) groups excluding carboxylic acids is 1. The van der Waals surface area contributed by atoms with Gasteiger partial charge in [0.2, 0.25) is 5.16 Å². The molecule has 0 bridgehead atoms. The fourth-order valence-electron chi connectivity index (χ4n) is 2.89. The molecular formula is C18H16BrN5O2S. The van der Waals surface area contributed by atoms with Crippen LogP contribution in [0.25, 0.3) is 11.4 Å². The number of thioether (sulfide) groups is 1. The molecule has 0 fully saturated rings. The van der Waals surface area contributed by atoms with E-state index < -0.39 is 5.25 Å². The number of rotatable bonds is 4. The summed E-state index contributed by atoms with van der Waals surface area (Å²) in [5.74, 6) is 0.366. The van der Waals surface area contributed by atoms with E-state index in [0.717, 1.165) is 15.6 Å². The van der Waals surface area contributed by atoms with E-state index in [4.69, 9.17) is 4.74 Å². The highest BCUT2D eigenvalue weighted by Gasteiger charge is 2.39. The molecule has 3 heterocycles. The van der Waals surface area contributed by atoms with E-state index in [9.17, 15) is 4.79 Å². The molecule has 2 atom stereocenters. The van der Waals surface area contributed by atoms with Crippen LogP contribution in [-0.4, -0.2) is 37.7 Å². The quantitative estimate of drug-likeness (QED) is 0.615. The van der Waals surface area contributed by atoms with E-state index in [1.807, 2.05) is 41.1 Å². The highest BCUT2D eigenvalue weighted by Crippen LogP contribution is 2.39. The molecule has 0 amide bonds. The van der Waals surface area contributed by atoms with Gasteiger partial charge in [0.1, 0.15) is 5.25 Å². The topological polar surface area (TPSA) is 81.9 Å². The third-order valence-electron chi connectivity index (χ3n) is 4.08. The summed E-state index contributed by atoms with van der Waals surface area (Å²) in [4.78, 5) is 16.7. The summed E-state index contributed by atoms with van der Waals surface area (Å²) in [6.07, 6.45) is 3.44. The summed E-state index contributed by atoms with van der Waals surface area (Å²) in [7, 11) is 0. The van der Waals surface area contributed by atoms with Gasteiger partial charge >= 0.3 is 5.97 Å². The summed E-state index contributed by atoms with van der Waals surface area (Å²) >= 11 is 4.85. The number of ether oxygens (including phenoxy) is 1. The van der Waals surface area contributed by atoms with Crippen LogP contribution in [0.4, 0.5) is 0 Å². The van der Waals surface area contributed by atoms with E-state index >= 15 is 0 Å². The third-order valence-corrected chi connectivity index (χ3v) is 5.77. The van der Waals surface area contributed by atoms with Crippen molar-refractivity contribution >= 4 is 33.7 Å². The van der Waals surface area contributed by atoms with Crippen molar-refractivity contribution in [2.75, 3.05) is 12.0 Å². The fraction of sp³-hybridized carbons (Fsp3) is 0.222. The number of carbonyl (C=O) groups is 1. The standard InChI is InChI=1S/C18H16BrN5O2S/c1-2-26-17(25)15-14(11-5-3-7-13(19)9-11)23-24-16(21-22-18(24)27-15)12-6-4-8-20-10-12/h3-10,14-15,23H,2H2,1H3/t14-,15-/m1/s1. The Hall–Kier alpha value is -2.39. The molecule has 1 N–H and O–H groups in total. The van der Waals surface area contributed by atoms with Crippen LogP contribution in [0.15, 0.2) is 58.4 Å². The number of pyridine rings is 1. The second-order valence-corrected chi connectivity index (χ2v) is 7.86. The van der Waals surface area contributed by atoms with E-state index in [1.165, 1.54) is 11.8 Å². The van der Waals surface area contributed by atoms with E-state index in [0.29, 0.717) is 17.6 Å². The number of nitrogens with one attached hydrogen (secondary N) is 1. The van der Waals surface area contributed by atoms with Crippen LogP contribution in [0.2, 0.25) is 0 Å². The zero-order chi connectivity index (χ0) is 18.8. The molecular weight excluding hydrogens is 430 g/mol. The van der Waals surface area contributed by atoms with Gasteiger partial charge in [-0.1, -0.05) is 39.8 Å². The lowest BCUT2D eigenvalue weighted by Crippen LogP contribution is -2.39. The van der Waals surface area contributed by atoms with Crippen molar-refractivity contribution in [2.45, 2.75) is 23.4 Å². The first-order valence-corrected chi connectivity index (χ1v) is 10.1. The van der Waals surface area contributed by atoms with Gasteiger partial charge in [-0.15, -0.1) is 10.2 Å². The van der Waals surface area contributed by atoms with E-state index in [1.54, 1.807) is 19.3 Å². The van der Waals surface area contributed by atoms with E-state index in [2.05, 4.69) is 36.5 Å². The Labute approximate surface area is 168 Å². The van der Waals surface area contributed by atoms with Crippen molar-refractivity contribution in [1.29, 1.82) is 0 Å². The normalized spacial score (nSPS) is 18.4. The van der Waals surface area contributed by atoms with Crippen molar-refractivity contribution in [3.63, 3.8) is 0 Å². The number of hydrogen-bond acceptors (Lipinski definition) is 7. The smallest absolute Gasteiger partial charge is 0.322 e. The SMILES string of the molecule is CCOC(=O)[C@@H]1Sc2nnc(-c3cccnc3)n2N[C@@H]1c1cccc(Br)c1. The second-order valence-electron chi connectivity index (χ2n) is 5.84. The van der Waals surface area contributed by atoms with Gasteiger partial charge in [0.25, 0.3) is 0 Å². The predicted octanol–water partition coefficient (Wildman–Crippen LogP) is 3.42. The molecule has 138 valence electrons. The first-order valence-electron chi connectivity index (χ1n) is 8.38. The molecule has 0 saturated heterocycles. The summed E-state index contributed by atoms with van der Waals surface area (Å²) in [6.45, 7) is 2.13. The summed E-state index contributed by atoms with van der Waals surface area (Å²) in [5, 5.41) is 8.66. The van der Waals surface area contributed by atoms with Crippen molar-refractivity contribution in [1.82, 2.24) is 19.9 Å². The molecule has 3 aromatic rings. The van der Waals surface area contributed by atoms with Crippen molar-refractivity contribution in [3.05, 3.63) is 58.8 Å². The Balaban J connectivity index is 1.76. The Morgan fingerprint density at radius 2 is 2.22 bits per heavy atom. The Morgan fingerprint density at radius 1 is 1.33 bits per heavy atom. The maximum Gasteiger partial charge on any atom is 0.322 e. The first-order chi connectivity index (χ1) is 13.2. The lowest BCUT2D eigenvalue weighted by Gasteiger charge is -2.32. The molecule has 1 aliphatic rings. The minimum Gasteiger partial charge on any atom is -0.465 e. The Morgan fingerprint density at radius 3 is 2.96 bits per heavy atom. The highest BCUT2D eigenvalue weighted by molar-refractivity contribution is 9.10. The van der Waals surface area contributed by atoms with Crippen molar-refractivity contribution in [2.24, 2.45) is 0 Å². The zero-order valence-electron chi connectivity index (χ0n) is 14.4. The van der Waals surface area contributed by atoms with E-state index in [-0.39, 0.29) is 12.0 Å². The average molecular weight is 446 g/mol. The molecule has 9 heteroatoms. The molecule has 2 aromatic heterocycles. The Kier molecular flexibility index (Phi) is 5.13. The first kappa shape index (κ1) is 18.0. The largest absolute Gasteiger partial charge is 0.465 e. The Bertz CT molecular complexity index is 965. The number of halogens is 1. The van der Waals surface area contributed by atoms with Gasteiger partial charge < -0.3 is 10.2 Å². The van der Waals surface area contributed by atoms with Crippen LogP contribution in [0.3, 0.4) is 0 Å². The number of fused-ring (bicyclic) bond motifs is 1. The van der Waals surface area contributed by atoms with Gasteiger partial charge in [-0.05, 0) is 36.8 Å². The number of esters is 1. The molecule has 0 spiro atoms. The van der Waals surface area contributed by atoms with Crippen LogP contribution in [-0.2, 0) is 9.53 Å². The monoisotopic (exact) mass is 445 g/mol. The predicted molar refractivity (Wildman–Crippen MR) is 106 cm³/mol. The summed E-state index contributed by atoms with van der Waals surface area (Å²) < 4.78 is 8.04. The number of nitrogens with zero attached hydrogens (tertiary/aromatic N) is 4. The van der Waals surface area contributed by atoms with Crippen LogP contribution in [0.1, 0.15) is 18.5 Å². The number of hydrogen-bond donors (Lipinski definition) is 1. The maximum atomic E-state index is 12.6. The highest BCUT2D eigenvalue weighted by atomic mass is 79.9. The van der Waals surface area contributed by atoms with Gasteiger partial charge in [-0.2, -0.15) is 0 Å². The summed E-state index contributed by atoms with van der Waals surface area (Å²) in [5.41, 5.74) is 5.20. The van der Waals surface area contributed by atoms with Gasteiger partial charge in [0.05, 0.1) is 12.6 Å². The van der Waals surface area contributed by atoms with Gasteiger partial charge in [0.15, 0.2) is 5.82 Å². The molecule has 1 aliphatic heterocycles. The van der Waals surface area contributed by atoms with Crippen LogP contribution >= 0.6 is 27.7 Å². The molecule has 0 saturated carbocycles. The molecule has 4 rings (SSSR count). The third kappa shape index (κ3) is 3.57. The van der Waals surface area contributed by atoms with Gasteiger partial charge in [0, 0.05) is 22.4 Å². The van der Waals surface area contributed by atoms with Gasteiger partial charge in [-0.25, -0.2) is 4.68 Å². The van der Waals surface area contributed by atoms with Crippen molar-refractivity contribution < 1.29 is 9.53 Å². The van der Waals surface area contributed by atoms with Crippen LogP contribution < -0.4 is 5.43 Å². The molecule has 0 aliphatic carbocycles. The molecule has 27 heavy (non-hydrogen) atoms. The van der Waals surface area contributed by atoms with Crippen molar-refractivity contribution in [3.8, 4) is 11.4 Å². The number of benzene rings is 1. The molecule has 1 aromatic carbocycles. The second kappa shape index (κ2) is 7.69. The molecule has 0 radical (unpaired) electrons. The average Bonchev–Trinajstić information content (AvgIpc) is 3.11. The fourth-order valence-corrected chi connectivity index (χ4v) is 4.39. The maximum absolute atomic E-state index is 12.6.